The highest BCUT2D eigenvalue weighted by Gasteiger charge is 2.29. The fourth-order valence-electron chi connectivity index (χ4n) is 3.10. The highest BCUT2D eigenvalue weighted by molar-refractivity contribution is 8.00. The number of aliphatic imine (C=N–C) groups is 1. The number of guanidine groups is 1. The molecule has 0 radical (unpaired) electrons. The molecule has 0 bridgehead atoms. The first kappa shape index (κ1) is 20.4. The van der Waals surface area contributed by atoms with Crippen molar-refractivity contribution in [3.63, 3.8) is 0 Å². The maximum Gasteiger partial charge on any atom is 0.222 e. The van der Waals surface area contributed by atoms with Crippen LogP contribution in [0, 0.1) is 0 Å². The second kappa shape index (κ2) is 8.62. The van der Waals surface area contributed by atoms with E-state index in [0.717, 1.165) is 31.3 Å². The van der Waals surface area contributed by atoms with Crippen molar-refractivity contribution in [1.29, 1.82) is 0 Å². The summed E-state index contributed by atoms with van der Waals surface area (Å²) in [7, 11) is -2.97. The van der Waals surface area contributed by atoms with Crippen LogP contribution < -0.4 is 10.6 Å². The van der Waals surface area contributed by atoms with E-state index < -0.39 is 9.84 Å². The minimum Gasteiger partial charge on any atom is -0.357 e. The van der Waals surface area contributed by atoms with Crippen LogP contribution in [0.4, 0.5) is 0 Å². The third kappa shape index (κ3) is 6.69. The Balaban J connectivity index is 1.83. The summed E-state index contributed by atoms with van der Waals surface area (Å²) in [6.45, 7) is 9.56. The van der Waals surface area contributed by atoms with Crippen molar-refractivity contribution in [3.8, 4) is 0 Å². The topological polar surface area (TPSA) is 90.9 Å². The average molecular weight is 391 g/mol. The first-order valence-electron chi connectivity index (χ1n) is 8.88. The number of carbonyl (C=O) groups excluding carboxylic acids is 1. The monoisotopic (exact) mass is 390 g/mol. The van der Waals surface area contributed by atoms with Gasteiger partial charge in [0.1, 0.15) is 0 Å². The molecule has 2 fully saturated rings. The lowest BCUT2D eigenvalue weighted by Crippen LogP contribution is -2.51. The number of nitrogens with zero attached hydrogens (tertiary/aromatic N) is 2. The molecule has 2 N–H and O–H groups in total. The summed E-state index contributed by atoms with van der Waals surface area (Å²) in [5.74, 6) is 2.02. The summed E-state index contributed by atoms with van der Waals surface area (Å²) >= 11 is 1.97. The van der Waals surface area contributed by atoms with Crippen molar-refractivity contribution in [1.82, 2.24) is 15.5 Å². The van der Waals surface area contributed by atoms with E-state index in [2.05, 4.69) is 34.4 Å². The molecule has 7 nitrogen and oxygen atoms in total. The summed E-state index contributed by atoms with van der Waals surface area (Å²) in [6.07, 6.45) is 0.790. The molecule has 0 spiro atoms. The largest absolute Gasteiger partial charge is 0.357 e. The molecule has 2 aliphatic rings. The zero-order valence-electron chi connectivity index (χ0n) is 15.4. The third-order valence-corrected chi connectivity index (χ3v) is 7.32. The first-order valence-corrected chi connectivity index (χ1v) is 11.7. The van der Waals surface area contributed by atoms with Gasteiger partial charge in [-0.3, -0.25) is 9.79 Å². The normalized spacial score (nSPS) is 25.6. The smallest absolute Gasteiger partial charge is 0.222 e. The summed E-state index contributed by atoms with van der Waals surface area (Å²) in [6, 6.07) is -0.241. The van der Waals surface area contributed by atoms with E-state index in [9.17, 15) is 13.2 Å². The lowest BCUT2D eigenvalue weighted by atomic mass is 10.2. The predicted octanol–water partition coefficient (Wildman–Crippen LogP) is 0.473. The average Bonchev–Trinajstić information content (AvgIpc) is 2.84. The molecule has 2 heterocycles. The van der Waals surface area contributed by atoms with E-state index in [1.165, 1.54) is 0 Å². The number of amides is 1. The van der Waals surface area contributed by atoms with Gasteiger partial charge in [0.05, 0.1) is 18.1 Å². The van der Waals surface area contributed by atoms with Crippen LogP contribution in [0.15, 0.2) is 4.99 Å². The summed E-state index contributed by atoms with van der Waals surface area (Å²) < 4.78 is 23.1. The molecular weight excluding hydrogens is 360 g/mol. The summed E-state index contributed by atoms with van der Waals surface area (Å²) in [5.41, 5.74) is 0. The van der Waals surface area contributed by atoms with Crippen LogP contribution in [0.3, 0.4) is 0 Å². The fourth-order valence-corrected chi connectivity index (χ4v) is 5.88. The molecule has 2 saturated heterocycles. The Labute approximate surface area is 155 Å². The molecule has 0 aliphatic carbocycles. The SMILES string of the molecule is CCNC(=NCCC(=O)NC1CCS(=O)(=O)C1)N1CCSC(C)(C)C1. The van der Waals surface area contributed by atoms with Crippen LogP contribution in [0.1, 0.15) is 33.6 Å². The van der Waals surface area contributed by atoms with Gasteiger partial charge in [-0.05, 0) is 27.2 Å². The van der Waals surface area contributed by atoms with Gasteiger partial charge in [0.15, 0.2) is 15.8 Å². The fraction of sp³-hybridized carbons (Fsp3) is 0.875. The maximum atomic E-state index is 12.0. The molecule has 1 amide bonds. The number of carbonyl (C=O) groups is 1. The van der Waals surface area contributed by atoms with Gasteiger partial charge in [-0.15, -0.1) is 0 Å². The molecule has 1 atom stereocenters. The van der Waals surface area contributed by atoms with Gasteiger partial charge in [-0.1, -0.05) is 0 Å². The zero-order valence-corrected chi connectivity index (χ0v) is 17.0. The Hall–Kier alpha value is -0.960. The number of hydrogen-bond acceptors (Lipinski definition) is 5. The summed E-state index contributed by atoms with van der Waals surface area (Å²) in [4.78, 5) is 18.9. The Morgan fingerprint density at radius 2 is 2.16 bits per heavy atom. The molecule has 2 aliphatic heterocycles. The van der Waals surface area contributed by atoms with Crippen LogP contribution in [-0.4, -0.2) is 79.4 Å². The molecule has 144 valence electrons. The third-order valence-electron chi connectivity index (χ3n) is 4.26. The molecule has 0 aromatic heterocycles. The van der Waals surface area contributed by atoms with Crippen molar-refractivity contribution >= 4 is 33.5 Å². The Morgan fingerprint density at radius 1 is 1.40 bits per heavy atom. The molecule has 2 rings (SSSR count). The van der Waals surface area contributed by atoms with Crippen molar-refractivity contribution in [3.05, 3.63) is 0 Å². The van der Waals surface area contributed by atoms with Gasteiger partial charge in [-0.25, -0.2) is 8.42 Å². The van der Waals surface area contributed by atoms with Crippen molar-refractivity contribution < 1.29 is 13.2 Å². The Morgan fingerprint density at radius 3 is 2.76 bits per heavy atom. The lowest BCUT2D eigenvalue weighted by Gasteiger charge is -2.39. The van der Waals surface area contributed by atoms with Gasteiger partial charge in [-0.2, -0.15) is 11.8 Å². The highest BCUT2D eigenvalue weighted by atomic mass is 32.2. The predicted molar refractivity (Wildman–Crippen MR) is 104 cm³/mol. The van der Waals surface area contributed by atoms with Crippen molar-refractivity contribution in [2.75, 3.05) is 43.4 Å². The minimum atomic E-state index is -2.97. The van der Waals surface area contributed by atoms with Crippen LogP contribution in [0.5, 0.6) is 0 Å². The Bertz CT molecular complexity index is 605. The second-order valence-corrected chi connectivity index (χ2v) is 11.2. The van der Waals surface area contributed by atoms with Gasteiger partial charge in [0, 0.05) is 42.6 Å². The van der Waals surface area contributed by atoms with Crippen LogP contribution >= 0.6 is 11.8 Å². The van der Waals surface area contributed by atoms with Crippen molar-refractivity contribution in [2.45, 2.75) is 44.4 Å². The molecule has 0 saturated carbocycles. The van der Waals surface area contributed by atoms with E-state index in [0.29, 0.717) is 13.0 Å². The number of nitrogens with one attached hydrogen (secondary N) is 2. The van der Waals surface area contributed by atoms with Crippen molar-refractivity contribution in [2.24, 2.45) is 4.99 Å². The van der Waals surface area contributed by atoms with Crippen LogP contribution in [0.2, 0.25) is 0 Å². The van der Waals surface area contributed by atoms with Gasteiger partial charge in [0.25, 0.3) is 0 Å². The van der Waals surface area contributed by atoms with E-state index >= 15 is 0 Å². The molecule has 9 heteroatoms. The standard InChI is InChI=1S/C16H30N4O3S2/c1-4-17-15(20-8-9-24-16(2,3)12-20)18-7-5-14(21)19-13-6-10-25(22,23)11-13/h13H,4-12H2,1-3H3,(H,17,18)(H,19,21). The van der Waals surface area contributed by atoms with E-state index in [1.807, 2.05) is 18.7 Å². The first-order chi connectivity index (χ1) is 11.7. The molecule has 25 heavy (non-hydrogen) atoms. The Kier molecular flexibility index (Phi) is 7.01. The van der Waals surface area contributed by atoms with E-state index in [-0.39, 0.29) is 34.6 Å². The zero-order chi connectivity index (χ0) is 18.5. The van der Waals surface area contributed by atoms with Gasteiger partial charge >= 0.3 is 0 Å². The quantitative estimate of drug-likeness (QED) is 0.524. The number of thioether (sulfide) groups is 1. The number of rotatable bonds is 5. The highest BCUT2D eigenvalue weighted by Crippen LogP contribution is 2.29. The van der Waals surface area contributed by atoms with E-state index in [4.69, 9.17) is 0 Å². The lowest BCUT2D eigenvalue weighted by molar-refractivity contribution is -0.121. The molecule has 0 aromatic carbocycles. The summed E-state index contributed by atoms with van der Waals surface area (Å²) in [5, 5.41) is 6.11. The number of sulfone groups is 1. The molecule has 1 unspecified atom stereocenters. The molecule has 0 aromatic rings. The van der Waals surface area contributed by atoms with Gasteiger partial charge < -0.3 is 15.5 Å². The van der Waals surface area contributed by atoms with E-state index in [1.54, 1.807) is 0 Å². The molecular formula is C16H30N4O3S2. The second-order valence-electron chi connectivity index (χ2n) is 7.18. The minimum absolute atomic E-state index is 0.0607. The van der Waals surface area contributed by atoms with Gasteiger partial charge in [0.2, 0.25) is 5.91 Å². The van der Waals surface area contributed by atoms with Crippen LogP contribution in [-0.2, 0) is 14.6 Å². The van der Waals surface area contributed by atoms with Crippen LogP contribution in [0.25, 0.3) is 0 Å². The number of hydrogen-bond donors (Lipinski definition) is 2. The maximum absolute atomic E-state index is 12.0.